The molecular formula is C29H31N5O4S. The molecule has 202 valence electrons. The van der Waals surface area contributed by atoms with E-state index in [-0.39, 0.29) is 22.2 Å². The van der Waals surface area contributed by atoms with Crippen LogP contribution in [0.15, 0.2) is 88.7 Å². The third kappa shape index (κ3) is 6.08. The van der Waals surface area contributed by atoms with Crippen LogP contribution in [0.1, 0.15) is 36.7 Å². The lowest BCUT2D eigenvalue weighted by atomic mass is 9.99. The van der Waals surface area contributed by atoms with Gasteiger partial charge in [-0.3, -0.25) is 9.59 Å². The van der Waals surface area contributed by atoms with Crippen LogP contribution in [0.3, 0.4) is 0 Å². The zero-order valence-electron chi connectivity index (χ0n) is 22.5. The molecule has 39 heavy (non-hydrogen) atoms. The maximum Gasteiger partial charge on any atom is 0.293 e. The molecule has 0 spiro atoms. The molecule has 0 fully saturated rings. The lowest BCUT2D eigenvalue weighted by Gasteiger charge is -2.37. The molecule has 1 heterocycles. The molecule has 4 aromatic rings. The van der Waals surface area contributed by atoms with E-state index in [4.69, 9.17) is 5.14 Å². The van der Waals surface area contributed by atoms with Crippen molar-refractivity contribution < 1.29 is 13.2 Å². The van der Waals surface area contributed by atoms with Crippen molar-refractivity contribution in [3.63, 3.8) is 0 Å². The first-order chi connectivity index (χ1) is 18.3. The summed E-state index contributed by atoms with van der Waals surface area (Å²) in [5, 5.41) is 8.14. The Labute approximate surface area is 228 Å². The van der Waals surface area contributed by atoms with Crippen LogP contribution in [0.25, 0.3) is 11.3 Å². The van der Waals surface area contributed by atoms with Crippen LogP contribution < -0.4 is 20.9 Å². The summed E-state index contributed by atoms with van der Waals surface area (Å²) in [6.45, 7) is 7.89. The van der Waals surface area contributed by atoms with E-state index in [2.05, 4.69) is 10.3 Å². The van der Waals surface area contributed by atoms with E-state index < -0.39 is 15.6 Å². The molecule has 3 N–H and O–H groups in total. The predicted molar refractivity (Wildman–Crippen MR) is 154 cm³/mol. The molecule has 9 nitrogen and oxygen atoms in total. The number of hydrogen-bond donors (Lipinski definition) is 2. The number of amides is 1. The number of nitrogens with one attached hydrogen (secondary N) is 1. The van der Waals surface area contributed by atoms with Gasteiger partial charge in [-0.1, -0.05) is 30.3 Å². The number of aryl methyl sites for hydroxylation is 2. The molecule has 0 bridgehead atoms. The van der Waals surface area contributed by atoms with Gasteiger partial charge in [-0.15, -0.1) is 0 Å². The van der Waals surface area contributed by atoms with Crippen LogP contribution in [-0.2, 0) is 17.1 Å². The average Bonchev–Trinajstić information content (AvgIpc) is 2.87. The Hall–Kier alpha value is -4.28. The fourth-order valence-electron chi connectivity index (χ4n) is 4.19. The minimum atomic E-state index is -3.84. The summed E-state index contributed by atoms with van der Waals surface area (Å²) < 4.78 is 24.5. The standard InChI is InChI=1S/C29H31N5O4S/c1-19-11-12-21(17-25(19)34(29(2,3)4)27(35)20-9-7-6-8-10-20)24-18-33(5)28(36)26(32-24)31-22-13-15-23(16-14-22)39(30,37)38/h6-18H,1-5H3,(H,31,32)(H2,30,37,38). The summed E-state index contributed by atoms with van der Waals surface area (Å²) in [6.07, 6.45) is 1.63. The summed E-state index contributed by atoms with van der Waals surface area (Å²) in [4.78, 5) is 32.8. The Morgan fingerprint density at radius 1 is 1.00 bits per heavy atom. The first kappa shape index (κ1) is 27.7. The quantitative estimate of drug-likeness (QED) is 0.365. The van der Waals surface area contributed by atoms with E-state index in [9.17, 15) is 18.0 Å². The molecular weight excluding hydrogens is 514 g/mol. The fraction of sp³-hybridized carbons (Fsp3) is 0.207. The highest BCUT2D eigenvalue weighted by atomic mass is 32.2. The Morgan fingerprint density at radius 2 is 1.64 bits per heavy atom. The molecule has 0 aliphatic rings. The van der Waals surface area contributed by atoms with Gasteiger partial charge in [-0.2, -0.15) is 0 Å². The van der Waals surface area contributed by atoms with Crippen molar-refractivity contribution >= 4 is 33.1 Å². The molecule has 4 rings (SSSR count). The number of hydrogen-bond acceptors (Lipinski definition) is 6. The van der Waals surface area contributed by atoms with Gasteiger partial charge in [-0.25, -0.2) is 18.5 Å². The van der Waals surface area contributed by atoms with Gasteiger partial charge in [-0.05, 0) is 75.7 Å². The highest BCUT2D eigenvalue weighted by Gasteiger charge is 2.30. The number of sulfonamides is 1. The monoisotopic (exact) mass is 545 g/mol. The fourth-order valence-corrected chi connectivity index (χ4v) is 4.70. The zero-order valence-corrected chi connectivity index (χ0v) is 23.3. The number of aromatic nitrogens is 2. The predicted octanol–water partition coefficient (Wildman–Crippen LogP) is 4.59. The van der Waals surface area contributed by atoms with Gasteiger partial charge in [0, 0.05) is 41.3 Å². The van der Waals surface area contributed by atoms with Crippen LogP contribution in [-0.4, -0.2) is 29.4 Å². The van der Waals surface area contributed by atoms with Crippen molar-refractivity contribution in [2.75, 3.05) is 10.2 Å². The van der Waals surface area contributed by atoms with Gasteiger partial charge in [0.15, 0.2) is 5.82 Å². The lowest BCUT2D eigenvalue weighted by molar-refractivity contribution is 0.0965. The minimum absolute atomic E-state index is 0.0386. The molecule has 0 radical (unpaired) electrons. The van der Waals surface area contributed by atoms with Crippen molar-refractivity contribution in [1.29, 1.82) is 0 Å². The van der Waals surface area contributed by atoms with E-state index in [0.717, 1.165) is 11.3 Å². The van der Waals surface area contributed by atoms with Crippen LogP contribution in [0.4, 0.5) is 17.2 Å². The van der Waals surface area contributed by atoms with Crippen molar-refractivity contribution in [2.24, 2.45) is 12.2 Å². The molecule has 10 heteroatoms. The maximum absolute atomic E-state index is 13.6. The highest BCUT2D eigenvalue weighted by molar-refractivity contribution is 7.89. The Bertz CT molecular complexity index is 1690. The van der Waals surface area contributed by atoms with Gasteiger partial charge < -0.3 is 14.8 Å². The van der Waals surface area contributed by atoms with E-state index in [1.54, 1.807) is 30.3 Å². The molecule has 1 amide bonds. The van der Waals surface area contributed by atoms with Crippen molar-refractivity contribution in [3.8, 4) is 11.3 Å². The molecule has 0 saturated carbocycles. The van der Waals surface area contributed by atoms with Crippen LogP contribution in [0.5, 0.6) is 0 Å². The first-order valence-corrected chi connectivity index (χ1v) is 13.8. The summed E-state index contributed by atoms with van der Waals surface area (Å²) in [7, 11) is -2.21. The van der Waals surface area contributed by atoms with Gasteiger partial charge >= 0.3 is 0 Å². The summed E-state index contributed by atoms with van der Waals surface area (Å²) >= 11 is 0. The number of nitrogens with zero attached hydrogens (tertiary/aromatic N) is 3. The van der Waals surface area contributed by atoms with Gasteiger partial charge in [0.1, 0.15) is 0 Å². The van der Waals surface area contributed by atoms with Crippen molar-refractivity contribution in [3.05, 3.63) is 100 Å². The normalized spacial score (nSPS) is 11.7. The van der Waals surface area contributed by atoms with Crippen LogP contribution in [0, 0.1) is 6.92 Å². The van der Waals surface area contributed by atoms with Crippen LogP contribution in [0.2, 0.25) is 0 Å². The first-order valence-electron chi connectivity index (χ1n) is 12.2. The molecule has 0 saturated heterocycles. The Morgan fingerprint density at radius 3 is 2.23 bits per heavy atom. The second kappa shape index (κ2) is 10.5. The number of primary sulfonamides is 1. The van der Waals surface area contributed by atoms with Crippen LogP contribution >= 0.6 is 0 Å². The van der Waals surface area contributed by atoms with E-state index in [1.165, 1.54) is 28.8 Å². The van der Waals surface area contributed by atoms with Gasteiger partial charge in [0.2, 0.25) is 10.0 Å². The van der Waals surface area contributed by atoms with Gasteiger partial charge in [0.25, 0.3) is 11.5 Å². The van der Waals surface area contributed by atoms with E-state index >= 15 is 0 Å². The zero-order chi connectivity index (χ0) is 28.5. The largest absolute Gasteiger partial charge is 0.336 e. The molecule has 0 unspecified atom stereocenters. The highest BCUT2D eigenvalue weighted by Crippen LogP contribution is 2.33. The molecule has 0 atom stereocenters. The summed E-state index contributed by atoms with van der Waals surface area (Å²) in [5.74, 6) is -0.0596. The average molecular weight is 546 g/mol. The number of benzene rings is 3. The second-order valence-electron chi connectivity index (χ2n) is 10.3. The second-order valence-corrected chi connectivity index (χ2v) is 11.8. The number of rotatable bonds is 6. The Kier molecular flexibility index (Phi) is 7.45. The SMILES string of the molecule is Cc1ccc(-c2cn(C)c(=O)c(Nc3ccc(S(N)(=O)=O)cc3)n2)cc1N(C(=O)c1ccccc1)C(C)(C)C. The molecule has 3 aromatic carbocycles. The van der Waals surface area contributed by atoms with Crippen molar-refractivity contribution in [1.82, 2.24) is 9.55 Å². The third-order valence-electron chi connectivity index (χ3n) is 6.16. The molecule has 1 aromatic heterocycles. The number of anilines is 3. The third-order valence-corrected chi connectivity index (χ3v) is 7.09. The summed E-state index contributed by atoms with van der Waals surface area (Å²) in [6, 6.07) is 20.6. The number of carbonyl (C=O) groups excluding carboxylic acids is 1. The van der Waals surface area contributed by atoms with E-state index in [1.807, 2.05) is 64.1 Å². The lowest BCUT2D eigenvalue weighted by Crippen LogP contribution is -2.46. The Balaban J connectivity index is 1.76. The smallest absolute Gasteiger partial charge is 0.293 e. The molecule has 0 aliphatic heterocycles. The van der Waals surface area contributed by atoms with Gasteiger partial charge in [0.05, 0.1) is 10.6 Å². The van der Waals surface area contributed by atoms with Crippen molar-refractivity contribution in [2.45, 2.75) is 38.1 Å². The van der Waals surface area contributed by atoms with E-state index in [0.29, 0.717) is 22.5 Å². The minimum Gasteiger partial charge on any atom is -0.336 e. The number of nitrogens with two attached hydrogens (primary N) is 1. The number of carbonyl (C=O) groups is 1. The molecule has 0 aliphatic carbocycles. The maximum atomic E-state index is 13.6. The topological polar surface area (TPSA) is 127 Å². The summed E-state index contributed by atoms with van der Waals surface area (Å²) in [5.41, 5.74) is 3.05.